The van der Waals surface area contributed by atoms with E-state index in [2.05, 4.69) is 5.32 Å². The monoisotopic (exact) mass is 586 g/mol. The van der Waals surface area contributed by atoms with Crippen molar-refractivity contribution in [3.05, 3.63) is 92.3 Å². The fraction of sp³-hybridized carbons (Fsp3) is 0.179. The van der Waals surface area contributed by atoms with Gasteiger partial charge in [-0.1, -0.05) is 83.6 Å². The molecule has 3 aromatic carbocycles. The minimum atomic E-state index is -0.386. The van der Waals surface area contributed by atoms with Gasteiger partial charge >= 0.3 is 0 Å². The number of hydrogen-bond acceptors (Lipinski definition) is 6. The Morgan fingerprint density at radius 1 is 1.13 bits per heavy atom. The van der Waals surface area contributed by atoms with Gasteiger partial charge in [-0.15, -0.1) is 0 Å². The number of methoxy groups -OCH3 is 1. The molecule has 0 spiro atoms. The minimum Gasteiger partial charge on any atom is -0.493 e. The average molecular weight is 588 g/mol. The Labute approximate surface area is 240 Å². The maximum Gasteiger partial charge on any atom is 0.266 e. The van der Waals surface area contributed by atoms with Crippen LogP contribution in [-0.2, 0) is 9.59 Å². The second-order valence-corrected chi connectivity index (χ2v) is 11.0. The number of amides is 2. The summed E-state index contributed by atoms with van der Waals surface area (Å²) in [7, 11) is 1.47. The number of halogens is 2. The number of aryl methyl sites for hydroxylation is 1. The van der Waals surface area contributed by atoms with Gasteiger partial charge in [0, 0.05) is 10.7 Å². The Morgan fingerprint density at radius 3 is 2.55 bits per heavy atom. The summed E-state index contributed by atoms with van der Waals surface area (Å²) in [6.45, 7) is 3.53. The number of carbonyl (C=O) groups is 2. The van der Waals surface area contributed by atoms with Crippen molar-refractivity contribution in [1.82, 2.24) is 4.90 Å². The van der Waals surface area contributed by atoms with Gasteiger partial charge in [0.15, 0.2) is 18.1 Å². The van der Waals surface area contributed by atoms with Crippen LogP contribution >= 0.6 is 47.2 Å². The summed E-state index contributed by atoms with van der Waals surface area (Å²) in [6, 6.07) is 18.1. The molecule has 0 aromatic heterocycles. The van der Waals surface area contributed by atoms with E-state index in [1.54, 1.807) is 35.2 Å². The van der Waals surface area contributed by atoms with E-state index in [1.165, 1.54) is 18.9 Å². The van der Waals surface area contributed by atoms with Gasteiger partial charge in [-0.2, -0.15) is 0 Å². The number of ether oxygens (including phenoxy) is 2. The van der Waals surface area contributed by atoms with Crippen molar-refractivity contribution in [2.45, 2.75) is 19.9 Å². The highest BCUT2D eigenvalue weighted by Crippen LogP contribution is 2.41. The van der Waals surface area contributed by atoms with Crippen LogP contribution in [0, 0.1) is 6.92 Å². The summed E-state index contributed by atoms with van der Waals surface area (Å²) in [6.07, 6.45) is 1.71. The number of thioether (sulfide) groups is 1. The van der Waals surface area contributed by atoms with Crippen LogP contribution < -0.4 is 14.8 Å². The van der Waals surface area contributed by atoms with Gasteiger partial charge in [-0.25, -0.2) is 0 Å². The number of benzene rings is 3. The number of carbonyl (C=O) groups excluding carboxylic acids is 2. The molecule has 0 saturated carbocycles. The SMILES string of the molecule is COc1cc(/C=C2\SC(=S)N([C@@H](C)c3ccccc3)C2=O)cc(Cl)c1OCC(=O)Nc1ccc(C)c(Cl)c1. The van der Waals surface area contributed by atoms with Gasteiger partial charge in [0.2, 0.25) is 0 Å². The largest absolute Gasteiger partial charge is 0.493 e. The molecule has 4 rings (SSSR count). The number of nitrogens with one attached hydrogen (secondary N) is 1. The van der Waals surface area contributed by atoms with Crippen molar-refractivity contribution in [2.75, 3.05) is 19.0 Å². The van der Waals surface area contributed by atoms with Crippen LogP contribution in [0.3, 0.4) is 0 Å². The molecule has 3 aromatic rings. The Kier molecular flexibility index (Phi) is 8.99. The highest BCUT2D eigenvalue weighted by molar-refractivity contribution is 8.26. The summed E-state index contributed by atoms with van der Waals surface area (Å²) < 4.78 is 11.6. The molecule has 0 bridgehead atoms. The summed E-state index contributed by atoms with van der Waals surface area (Å²) >= 11 is 19.4. The van der Waals surface area contributed by atoms with Crippen LogP contribution in [0.2, 0.25) is 10.0 Å². The molecule has 1 aliphatic rings. The summed E-state index contributed by atoms with van der Waals surface area (Å²) in [5.41, 5.74) is 3.09. The summed E-state index contributed by atoms with van der Waals surface area (Å²) in [5.74, 6) is -0.0281. The number of rotatable bonds is 8. The number of hydrogen-bond donors (Lipinski definition) is 1. The average Bonchev–Trinajstić information content (AvgIpc) is 3.17. The van der Waals surface area contributed by atoms with Gasteiger partial charge in [-0.3, -0.25) is 14.5 Å². The van der Waals surface area contributed by atoms with Crippen LogP contribution in [0.25, 0.3) is 6.08 Å². The van der Waals surface area contributed by atoms with E-state index in [4.69, 9.17) is 44.9 Å². The molecule has 0 unspecified atom stereocenters. The number of nitrogens with zero attached hydrogens (tertiary/aromatic N) is 1. The van der Waals surface area contributed by atoms with E-state index in [1.807, 2.05) is 50.2 Å². The molecule has 6 nitrogen and oxygen atoms in total. The fourth-order valence-corrected chi connectivity index (χ4v) is 5.69. The predicted molar refractivity (Wildman–Crippen MR) is 158 cm³/mol. The smallest absolute Gasteiger partial charge is 0.266 e. The Morgan fingerprint density at radius 2 is 1.87 bits per heavy atom. The summed E-state index contributed by atoms with van der Waals surface area (Å²) in [5, 5.41) is 3.51. The lowest BCUT2D eigenvalue weighted by Gasteiger charge is -2.23. The molecular weight excluding hydrogens is 563 g/mol. The topological polar surface area (TPSA) is 67.9 Å². The first-order chi connectivity index (χ1) is 18.2. The van der Waals surface area contributed by atoms with Crippen LogP contribution in [-0.4, -0.2) is 34.8 Å². The zero-order valence-corrected chi connectivity index (χ0v) is 23.9. The van der Waals surface area contributed by atoms with Crippen molar-refractivity contribution >= 4 is 75.1 Å². The van der Waals surface area contributed by atoms with E-state index >= 15 is 0 Å². The molecule has 1 aliphatic heterocycles. The molecule has 10 heteroatoms. The van der Waals surface area contributed by atoms with Gasteiger partial charge < -0.3 is 14.8 Å². The Balaban J connectivity index is 1.48. The molecule has 196 valence electrons. The van der Waals surface area contributed by atoms with Crippen molar-refractivity contribution in [3.8, 4) is 11.5 Å². The third-order valence-electron chi connectivity index (χ3n) is 5.85. The first-order valence-corrected chi connectivity index (χ1v) is 13.5. The van der Waals surface area contributed by atoms with E-state index in [9.17, 15) is 9.59 Å². The molecule has 2 amide bonds. The molecule has 1 fully saturated rings. The molecule has 1 saturated heterocycles. The second kappa shape index (κ2) is 12.2. The van der Waals surface area contributed by atoms with Crippen LogP contribution in [0.4, 0.5) is 5.69 Å². The maximum absolute atomic E-state index is 13.2. The minimum absolute atomic E-state index is 0.181. The first-order valence-electron chi connectivity index (χ1n) is 11.6. The van der Waals surface area contributed by atoms with E-state index in [0.29, 0.717) is 31.2 Å². The zero-order valence-electron chi connectivity index (χ0n) is 20.8. The van der Waals surface area contributed by atoms with Crippen LogP contribution in [0.5, 0.6) is 11.5 Å². The Hall–Kier alpha value is -3.04. The lowest BCUT2D eigenvalue weighted by molar-refractivity contribution is -0.123. The normalized spacial score (nSPS) is 15.1. The standard InChI is InChI=1S/C28H24Cl2N2O4S2/c1-16-9-10-20(14-21(16)29)31-25(33)15-36-26-22(30)11-18(12-23(26)35-3)13-24-27(34)32(28(37)38-24)17(2)19-7-5-4-6-8-19/h4-14,17H,15H2,1-3H3,(H,31,33)/b24-13-/t17-/m0/s1. The maximum atomic E-state index is 13.2. The zero-order chi connectivity index (χ0) is 27.4. The first kappa shape index (κ1) is 28.0. The lowest BCUT2D eigenvalue weighted by Crippen LogP contribution is -2.30. The van der Waals surface area contributed by atoms with Gasteiger partial charge in [0.1, 0.15) is 4.32 Å². The predicted octanol–water partition coefficient (Wildman–Crippen LogP) is 7.29. The lowest BCUT2D eigenvalue weighted by atomic mass is 10.1. The molecule has 1 heterocycles. The molecule has 0 aliphatic carbocycles. The third kappa shape index (κ3) is 6.32. The van der Waals surface area contributed by atoms with Crippen molar-refractivity contribution in [2.24, 2.45) is 0 Å². The quantitative estimate of drug-likeness (QED) is 0.221. The number of thiocarbonyl (C=S) groups is 1. The molecule has 1 N–H and O–H groups in total. The molecule has 1 atom stereocenters. The van der Waals surface area contributed by atoms with Crippen LogP contribution in [0.15, 0.2) is 65.6 Å². The van der Waals surface area contributed by atoms with Crippen molar-refractivity contribution < 1.29 is 19.1 Å². The number of anilines is 1. The van der Waals surface area contributed by atoms with E-state index < -0.39 is 0 Å². The van der Waals surface area contributed by atoms with Crippen molar-refractivity contribution in [1.29, 1.82) is 0 Å². The Bertz CT molecular complexity index is 1430. The van der Waals surface area contributed by atoms with Gasteiger partial charge in [0.25, 0.3) is 11.8 Å². The molecular formula is C28H24Cl2N2O4S2. The van der Waals surface area contributed by atoms with Crippen molar-refractivity contribution in [3.63, 3.8) is 0 Å². The van der Waals surface area contributed by atoms with E-state index in [0.717, 1.165) is 11.1 Å². The fourth-order valence-electron chi connectivity index (χ4n) is 3.81. The van der Waals surface area contributed by atoms with Gasteiger partial charge in [0.05, 0.1) is 23.1 Å². The third-order valence-corrected chi connectivity index (χ3v) is 7.86. The second-order valence-electron chi connectivity index (χ2n) is 8.47. The van der Waals surface area contributed by atoms with Crippen LogP contribution in [0.1, 0.15) is 29.7 Å². The van der Waals surface area contributed by atoms with E-state index in [-0.39, 0.29) is 35.2 Å². The summed E-state index contributed by atoms with van der Waals surface area (Å²) in [4.78, 5) is 27.7. The van der Waals surface area contributed by atoms with Gasteiger partial charge in [-0.05, 0) is 60.9 Å². The molecule has 0 radical (unpaired) electrons. The molecule has 38 heavy (non-hydrogen) atoms. The highest BCUT2D eigenvalue weighted by Gasteiger charge is 2.36. The highest BCUT2D eigenvalue weighted by atomic mass is 35.5.